The van der Waals surface area contributed by atoms with Crippen LogP contribution < -0.4 is 5.32 Å². The largest absolute Gasteiger partial charge is 0.326 e. The third kappa shape index (κ3) is 1.83. The summed E-state index contributed by atoms with van der Waals surface area (Å²) in [7, 11) is 0. The van der Waals surface area contributed by atoms with Crippen molar-refractivity contribution >= 4 is 11.6 Å². The molecule has 100 valence electrons. The Hall–Kier alpha value is -2.09. The number of carbonyl (C=O) groups is 1. The second-order valence-electron chi connectivity index (χ2n) is 5.78. The molecule has 1 heterocycles. The van der Waals surface area contributed by atoms with Crippen LogP contribution in [-0.2, 0) is 17.6 Å². The molecule has 4 rings (SSSR count). The predicted octanol–water partition coefficient (Wildman–Crippen LogP) is 3.65. The molecule has 1 aliphatic heterocycles. The van der Waals surface area contributed by atoms with Crippen molar-refractivity contribution in [1.82, 2.24) is 0 Å². The number of anilines is 1. The first-order valence-corrected chi connectivity index (χ1v) is 7.32. The third-order valence-corrected chi connectivity index (χ3v) is 4.50. The van der Waals surface area contributed by atoms with Gasteiger partial charge in [-0.2, -0.15) is 0 Å². The Balaban J connectivity index is 1.86. The lowest BCUT2D eigenvalue weighted by Gasteiger charge is -2.27. The minimum absolute atomic E-state index is 0.129. The highest BCUT2D eigenvalue weighted by Crippen LogP contribution is 2.40. The van der Waals surface area contributed by atoms with Gasteiger partial charge >= 0.3 is 0 Å². The number of amides is 1. The van der Waals surface area contributed by atoms with Crippen LogP contribution in [0.5, 0.6) is 0 Å². The fraction of sp³-hybridized carbons (Fsp3) is 0.278. The van der Waals surface area contributed by atoms with E-state index in [-0.39, 0.29) is 11.8 Å². The Morgan fingerprint density at radius 2 is 1.75 bits per heavy atom. The number of benzene rings is 2. The van der Waals surface area contributed by atoms with E-state index in [1.807, 2.05) is 6.07 Å². The molecular formula is C18H17NO. The number of hydrogen-bond acceptors (Lipinski definition) is 1. The number of nitrogens with one attached hydrogen (secondary N) is 1. The summed E-state index contributed by atoms with van der Waals surface area (Å²) in [6.45, 7) is 0. The van der Waals surface area contributed by atoms with E-state index in [0.29, 0.717) is 6.42 Å². The lowest BCUT2D eigenvalue weighted by molar-refractivity contribution is -0.116. The first kappa shape index (κ1) is 11.7. The van der Waals surface area contributed by atoms with Crippen molar-refractivity contribution in [3.8, 4) is 0 Å². The zero-order valence-electron chi connectivity index (χ0n) is 11.4. The Kier molecular flexibility index (Phi) is 2.62. The molecule has 2 heteroatoms. The third-order valence-electron chi connectivity index (χ3n) is 4.50. The molecule has 1 N–H and O–H groups in total. The molecule has 0 aromatic heterocycles. The van der Waals surface area contributed by atoms with E-state index in [2.05, 4.69) is 41.7 Å². The van der Waals surface area contributed by atoms with Crippen LogP contribution in [0.1, 0.15) is 41.0 Å². The SMILES string of the molecule is O=C1CC(c2ccccc2)c2cc3c(cc2N1)CCC3. The summed E-state index contributed by atoms with van der Waals surface area (Å²) in [4.78, 5) is 12.0. The summed E-state index contributed by atoms with van der Waals surface area (Å²) in [5, 5.41) is 3.05. The molecule has 0 spiro atoms. The van der Waals surface area contributed by atoms with Crippen molar-refractivity contribution in [1.29, 1.82) is 0 Å². The molecule has 2 aromatic carbocycles. The number of hydrogen-bond donors (Lipinski definition) is 1. The molecule has 1 unspecified atom stereocenters. The van der Waals surface area contributed by atoms with Gasteiger partial charge in [-0.05, 0) is 47.6 Å². The van der Waals surface area contributed by atoms with E-state index >= 15 is 0 Å². The number of carbonyl (C=O) groups excluding carboxylic acids is 1. The summed E-state index contributed by atoms with van der Waals surface area (Å²) in [5.41, 5.74) is 6.44. The fourth-order valence-electron chi connectivity index (χ4n) is 3.52. The highest BCUT2D eigenvalue weighted by atomic mass is 16.1. The number of aryl methyl sites for hydroxylation is 2. The van der Waals surface area contributed by atoms with Crippen molar-refractivity contribution < 1.29 is 4.79 Å². The van der Waals surface area contributed by atoms with Gasteiger partial charge in [0.1, 0.15) is 0 Å². The minimum atomic E-state index is 0.129. The van der Waals surface area contributed by atoms with Gasteiger partial charge in [0.05, 0.1) is 0 Å². The zero-order valence-corrected chi connectivity index (χ0v) is 11.4. The molecule has 0 saturated heterocycles. The van der Waals surface area contributed by atoms with E-state index in [0.717, 1.165) is 12.1 Å². The van der Waals surface area contributed by atoms with Crippen LogP contribution in [0.3, 0.4) is 0 Å². The minimum Gasteiger partial charge on any atom is -0.326 e. The molecule has 0 saturated carbocycles. The quantitative estimate of drug-likeness (QED) is 0.836. The van der Waals surface area contributed by atoms with Crippen molar-refractivity contribution in [2.75, 3.05) is 5.32 Å². The average molecular weight is 263 g/mol. The smallest absolute Gasteiger partial charge is 0.225 e. The van der Waals surface area contributed by atoms with Gasteiger partial charge in [0.2, 0.25) is 5.91 Å². The lowest BCUT2D eigenvalue weighted by atomic mass is 9.83. The van der Waals surface area contributed by atoms with Crippen molar-refractivity contribution in [3.63, 3.8) is 0 Å². The summed E-state index contributed by atoms with van der Waals surface area (Å²) in [5.74, 6) is 0.329. The molecule has 1 atom stereocenters. The number of rotatable bonds is 1. The Morgan fingerprint density at radius 3 is 2.55 bits per heavy atom. The molecule has 0 radical (unpaired) electrons. The zero-order chi connectivity index (χ0) is 13.5. The van der Waals surface area contributed by atoms with E-state index in [4.69, 9.17) is 0 Å². The predicted molar refractivity (Wildman–Crippen MR) is 80.0 cm³/mol. The Labute approximate surface area is 118 Å². The highest BCUT2D eigenvalue weighted by molar-refractivity contribution is 5.95. The molecule has 2 aromatic rings. The molecule has 1 amide bonds. The van der Waals surface area contributed by atoms with Crippen molar-refractivity contribution in [3.05, 3.63) is 64.7 Å². The van der Waals surface area contributed by atoms with Gasteiger partial charge < -0.3 is 5.32 Å². The Morgan fingerprint density at radius 1 is 1.00 bits per heavy atom. The summed E-state index contributed by atoms with van der Waals surface area (Å²) in [6, 6.07) is 14.9. The van der Waals surface area contributed by atoms with Gasteiger partial charge in [0.25, 0.3) is 0 Å². The van der Waals surface area contributed by atoms with Crippen LogP contribution in [0.4, 0.5) is 5.69 Å². The molecule has 2 aliphatic rings. The maximum Gasteiger partial charge on any atom is 0.225 e. The average Bonchev–Trinajstić information content (AvgIpc) is 2.92. The van der Waals surface area contributed by atoms with Crippen molar-refractivity contribution in [2.45, 2.75) is 31.6 Å². The topological polar surface area (TPSA) is 29.1 Å². The standard InChI is InChI=1S/C18H17NO/c20-18-11-15(12-5-2-1-3-6-12)16-9-13-7-4-8-14(13)10-17(16)19-18/h1-3,5-6,9-10,15H,4,7-8,11H2,(H,19,20). The maximum absolute atomic E-state index is 12.0. The van der Waals surface area contributed by atoms with E-state index in [9.17, 15) is 4.79 Å². The normalized spacial score (nSPS) is 20.2. The molecule has 0 fully saturated rings. The molecule has 2 nitrogen and oxygen atoms in total. The first-order chi connectivity index (χ1) is 9.81. The monoisotopic (exact) mass is 263 g/mol. The number of fused-ring (bicyclic) bond motifs is 2. The molecule has 20 heavy (non-hydrogen) atoms. The van der Waals surface area contributed by atoms with Gasteiger partial charge in [-0.3, -0.25) is 4.79 Å². The molecule has 1 aliphatic carbocycles. The van der Waals surface area contributed by atoms with Crippen LogP contribution in [0.25, 0.3) is 0 Å². The van der Waals surface area contributed by atoms with Gasteiger partial charge in [-0.25, -0.2) is 0 Å². The van der Waals surface area contributed by atoms with Gasteiger partial charge in [-0.1, -0.05) is 36.4 Å². The fourth-order valence-corrected chi connectivity index (χ4v) is 3.52. The van der Waals surface area contributed by atoms with E-state index in [1.54, 1.807) is 0 Å². The van der Waals surface area contributed by atoms with Crippen LogP contribution >= 0.6 is 0 Å². The summed E-state index contributed by atoms with van der Waals surface area (Å²) >= 11 is 0. The molecule has 0 bridgehead atoms. The van der Waals surface area contributed by atoms with Gasteiger partial charge in [-0.15, -0.1) is 0 Å². The highest BCUT2D eigenvalue weighted by Gasteiger charge is 2.28. The van der Waals surface area contributed by atoms with Crippen LogP contribution in [0.15, 0.2) is 42.5 Å². The second-order valence-corrected chi connectivity index (χ2v) is 5.78. The van der Waals surface area contributed by atoms with Crippen LogP contribution in [0.2, 0.25) is 0 Å². The summed E-state index contributed by atoms with van der Waals surface area (Å²) < 4.78 is 0. The van der Waals surface area contributed by atoms with Crippen LogP contribution in [-0.4, -0.2) is 5.91 Å². The first-order valence-electron chi connectivity index (χ1n) is 7.32. The molecular weight excluding hydrogens is 246 g/mol. The lowest BCUT2D eigenvalue weighted by Crippen LogP contribution is -2.23. The van der Waals surface area contributed by atoms with E-state index in [1.165, 1.54) is 35.1 Å². The van der Waals surface area contributed by atoms with Gasteiger partial charge in [0, 0.05) is 18.0 Å². The maximum atomic E-state index is 12.0. The van der Waals surface area contributed by atoms with Gasteiger partial charge in [0.15, 0.2) is 0 Å². The van der Waals surface area contributed by atoms with E-state index < -0.39 is 0 Å². The second kappa shape index (κ2) is 4.48. The summed E-state index contributed by atoms with van der Waals surface area (Å²) in [6.07, 6.45) is 4.12. The van der Waals surface area contributed by atoms with Crippen LogP contribution in [0, 0.1) is 0 Å². The van der Waals surface area contributed by atoms with Crippen molar-refractivity contribution in [2.24, 2.45) is 0 Å². The Bertz CT molecular complexity index is 675.